The van der Waals surface area contributed by atoms with E-state index >= 15 is 0 Å². The number of carbonyl (C=O) groups excluding carboxylic acids is 1. The average Bonchev–Trinajstić information content (AvgIpc) is 2.29. The van der Waals surface area contributed by atoms with Crippen molar-refractivity contribution in [3.8, 4) is 17.2 Å². The van der Waals surface area contributed by atoms with E-state index in [1.54, 1.807) is 18.2 Å². The van der Waals surface area contributed by atoms with E-state index in [2.05, 4.69) is 0 Å². The first kappa shape index (κ1) is 11.3. The van der Waals surface area contributed by atoms with E-state index < -0.39 is 5.97 Å². The number of rotatable bonds is 4. The first-order valence-corrected chi connectivity index (χ1v) is 4.34. The number of methoxy groups -OCH3 is 2. The Hall–Kier alpha value is -1.75. The molecule has 0 radical (unpaired) electrons. The summed E-state index contributed by atoms with van der Waals surface area (Å²) in [5, 5.41) is 0. The molecule has 0 fully saturated rings. The fourth-order valence-corrected chi connectivity index (χ4v) is 1.07. The van der Waals surface area contributed by atoms with E-state index in [0.717, 1.165) is 0 Å². The summed E-state index contributed by atoms with van der Waals surface area (Å²) in [6, 6.07) is 5.07. The molecule has 2 N–H and O–H groups in total. The molecule has 0 heterocycles. The maximum Gasteiger partial charge on any atom is 0.325 e. The first-order valence-electron chi connectivity index (χ1n) is 4.34. The third-order valence-electron chi connectivity index (χ3n) is 1.77. The smallest absolute Gasteiger partial charge is 0.325 e. The van der Waals surface area contributed by atoms with Crippen LogP contribution in [0.3, 0.4) is 0 Å². The van der Waals surface area contributed by atoms with Gasteiger partial charge in [0.05, 0.1) is 20.8 Å². The summed E-state index contributed by atoms with van der Waals surface area (Å²) in [7, 11) is 2.96. The van der Waals surface area contributed by atoms with Gasteiger partial charge in [0.1, 0.15) is 0 Å². The van der Waals surface area contributed by atoms with Gasteiger partial charge in [-0.05, 0) is 12.1 Å². The third kappa shape index (κ3) is 2.60. The van der Waals surface area contributed by atoms with Crippen LogP contribution in [0.1, 0.15) is 0 Å². The Bertz CT molecular complexity index is 329. The van der Waals surface area contributed by atoms with Crippen LogP contribution in [0.15, 0.2) is 18.2 Å². The summed E-state index contributed by atoms with van der Waals surface area (Å²) in [5.74, 6) is 0.558. The minimum atomic E-state index is -0.544. The molecule has 5 heteroatoms. The predicted molar refractivity (Wildman–Crippen MR) is 54.2 cm³/mol. The fraction of sp³-hybridized carbons (Fsp3) is 0.300. The molecule has 0 spiro atoms. The molecular weight excluding hydrogens is 198 g/mol. The molecule has 0 saturated heterocycles. The monoisotopic (exact) mass is 211 g/mol. The maximum atomic E-state index is 11.1. The summed E-state index contributed by atoms with van der Waals surface area (Å²) < 4.78 is 15.1. The third-order valence-corrected chi connectivity index (χ3v) is 1.77. The highest BCUT2D eigenvalue weighted by atomic mass is 16.6. The van der Waals surface area contributed by atoms with Crippen LogP contribution in [0.2, 0.25) is 0 Å². The minimum Gasteiger partial charge on any atom is -0.493 e. The Morgan fingerprint density at radius 3 is 2.20 bits per heavy atom. The van der Waals surface area contributed by atoms with Crippen LogP contribution in [-0.2, 0) is 4.79 Å². The summed E-state index contributed by atoms with van der Waals surface area (Å²) in [4.78, 5) is 11.1. The highest BCUT2D eigenvalue weighted by Crippen LogP contribution is 2.36. The van der Waals surface area contributed by atoms with Gasteiger partial charge in [0.15, 0.2) is 11.5 Å². The van der Waals surface area contributed by atoms with Crippen LogP contribution in [0.25, 0.3) is 0 Å². The van der Waals surface area contributed by atoms with Crippen molar-refractivity contribution in [1.82, 2.24) is 0 Å². The zero-order chi connectivity index (χ0) is 11.3. The molecule has 0 bridgehead atoms. The molecule has 1 rings (SSSR count). The van der Waals surface area contributed by atoms with Crippen molar-refractivity contribution in [3.63, 3.8) is 0 Å². The molecule has 0 unspecified atom stereocenters. The number of para-hydroxylation sites is 1. The highest BCUT2D eigenvalue weighted by Gasteiger charge is 2.14. The van der Waals surface area contributed by atoms with Gasteiger partial charge >= 0.3 is 5.97 Å². The minimum absolute atomic E-state index is 0.193. The molecule has 15 heavy (non-hydrogen) atoms. The predicted octanol–water partition coefficient (Wildman–Crippen LogP) is 0.568. The molecule has 0 saturated carbocycles. The van der Waals surface area contributed by atoms with E-state index in [-0.39, 0.29) is 12.3 Å². The van der Waals surface area contributed by atoms with Crippen molar-refractivity contribution >= 4 is 5.97 Å². The molecule has 0 atom stereocenters. The maximum absolute atomic E-state index is 11.1. The highest BCUT2D eigenvalue weighted by molar-refractivity contribution is 5.76. The lowest BCUT2D eigenvalue weighted by atomic mass is 10.3. The van der Waals surface area contributed by atoms with Crippen molar-refractivity contribution in [2.75, 3.05) is 20.8 Å². The second-order valence-electron chi connectivity index (χ2n) is 2.67. The van der Waals surface area contributed by atoms with Crippen LogP contribution in [-0.4, -0.2) is 26.7 Å². The van der Waals surface area contributed by atoms with Crippen LogP contribution in [0, 0.1) is 0 Å². The van der Waals surface area contributed by atoms with Crippen LogP contribution in [0.4, 0.5) is 0 Å². The molecular formula is C10H13NO4. The van der Waals surface area contributed by atoms with Gasteiger partial charge in [-0.15, -0.1) is 0 Å². The van der Waals surface area contributed by atoms with Crippen molar-refractivity contribution in [2.24, 2.45) is 5.73 Å². The van der Waals surface area contributed by atoms with Gasteiger partial charge in [-0.3, -0.25) is 4.79 Å². The zero-order valence-electron chi connectivity index (χ0n) is 8.65. The second kappa shape index (κ2) is 5.21. The largest absolute Gasteiger partial charge is 0.493 e. The van der Waals surface area contributed by atoms with Gasteiger partial charge < -0.3 is 19.9 Å². The number of carbonyl (C=O) groups is 1. The average molecular weight is 211 g/mol. The number of benzene rings is 1. The van der Waals surface area contributed by atoms with Gasteiger partial charge in [-0.25, -0.2) is 0 Å². The van der Waals surface area contributed by atoms with E-state index in [4.69, 9.17) is 19.9 Å². The lowest BCUT2D eigenvalue weighted by Gasteiger charge is -2.11. The molecule has 0 aliphatic rings. The molecule has 82 valence electrons. The molecule has 5 nitrogen and oxygen atoms in total. The number of ether oxygens (including phenoxy) is 3. The van der Waals surface area contributed by atoms with Gasteiger partial charge in [0.25, 0.3) is 0 Å². The zero-order valence-corrected chi connectivity index (χ0v) is 8.65. The van der Waals surface area contributed by atoms with Gasteiger partial charge in [0.2, 0.25) is 5.75 Å². The molecule has 0 aliphatic carbocycles. The van der Waals surface area contributed by atoms with Crippen molar-refractivity contribution < 1.29 is 19.0 Å². The van der Waals surface area contributed by atoms with Gasteiger partial charge in [-0.2, -0.15) is 0 Å². The topological polar surface area (TPSA) is 70.8 Å². The molecule has 0 aliphatic heterocycles. The second-order valence-corrected chi connectivity index (χ2v) is 2.67. The molecule has 1 aromatic rings. The Kier molecular flexibility index (Phi) is 3.93. The number of nitrogens with two attached hydrogens (primary N) is 1. The van der Waals surface area contributed by atoms with Crippen LogP contribution < -0.4 is 19.9 Å². The Morgan fingerprint density at radius 1 is 1.27 bits per heavy atom. The van der Waals surface area contributed by atoms with E-state index in [0.29, 0.717) is 11.5 Å². The normalized spacial score (nSPS) is 9.53. The lowest BCUT2D eigenvalue weighted by molar-refractivity contribution is -0.133. The molecule has 1 aromatic carbocycles. The quantitative estimate of drug-likeness (QED) is 0.582. The standard InChI is InChI=1S/C10H13NO4/c1-13-7-4-3-5-8(14-2)10(7)15-9(12)6-11/h3-5H,6,11H2,1-2H3. The van der Waals surface area contributed by atoms with Crippen molar-refractivity contribution in [2.45, 2.75) is 0 Å². The molecule has 0 amide bonds. The van der Waals surface area contributed by atoms with Crippen molar-refractivity contribution in [3.05, 3.63) is 18.2 Å². The summed E-state index contributed by atoms with van der Waals surface area (Å²) in [5.41, 5.74) is 5.15. The SMILES string of the molecule is COc1cccc(OC)c1OC(=O)CN. The molecule has 0 aromatic heterocycles. The van der Waals surface area contributed by atoms with Crippen molar-refractivity contribution in [1.29, 1.82) is 0 Å². The number of hydrogen-bond acceptors (Lipinski definition) is 5. The van der Waals surface area contributed by atoms with Crippen LogP contribution in [0.5, 0.6) is 17.2 Å². The Labute approximate surface area is 87.7 Å². The van der Waals surface area contributed by atoms with E-state index in [1.807, 2.05) is 0 Å². The van der Waals surface area contributed by atoms with E-state index in [9.17, 15) is 4.79 Å². The van der Waals surface area contributed by atoms with E-state index in [1.165, 1.54) is 14.2 Å². The Balaban J connectivity index is 3.05. The lowest BCUT2D eigenvalue weighted by Crippen LogP contribution is -2.20. The fourth-order valence-electron chi connectivity index (χ4n) is 1.07. The number of hydrogen-bond donors (Lipinski definition) is 1. The Morgan fingerprint density at radius 2 is 1.80 bits per heavy atom. The van der Waals surface area contributed by atoms with Crippen LogP contribution >= 0.6 is 0 Å². The summed E-state index contributed by atoms with van der Waals surface area (Å²) >= 11 is 0. The first-order chi connectivity index (χ1) is 7.22. The number of esters is 1. The van der Waals surface area contributed by atoms with Gasteiger partial charge in [0, 0.05) is 0 Å². The summed E-state index contributed by atoms with van der Waals surface area (Å²) in [6.45, 7) is -0.193. The summed E-state index contributed by atoms with van der Waals surface area (Å²) in [6.07, 6.45) is 0. The van der Waals surface area contributed by atoms with Gasteiger partial charge in [-0.1, -0.05) is 6.07 Å².